The number of carbonyl (C=O) groups is 1. The number of fused-ring (bicyclic) bond motifs is 1. The van der Waals surface area contributed by atoms with Crippen LogP contribution in [0.2, 0.25) is 0 Å². The Kier molecular flexibility index (Phi) is 6.30. The van der Waals surface area contributed by atoms with E-state index in [1.165, 1.54) is 28.5 Å². The van der Waals surface area contributed by atoms with E-state index in [1.807, 2.05) is 24.3 Å². The molecule has 1 amide bonds. The van der Waals surface area contributed by atoms with Crippen molar-refractivity contribution in [1.82, 2.24) is 15.5 Å². The molecule has 1 aliphatic carbocycles. The average molecular weight is 408 g/mol. The van der Waals surface area contributed by atoms with E-state index in [2.05, 4.69) is 52.8 Å². The van der Waals surface area contributed by atoms with E-state index in [9.17, 15) is 4.79 Å². The fourth-order valence-electron chi connectivity index (χ4n) is 3.81. The Morgan fingerprint density at radius 3 is 2.83 bits per heavy atom. The molecule has 2 atom stereocenters. The fourth-order valence-corrected chi connectivity index (χ4v) is 4.40. The third kappa shape index (κ3) is 5.07. The van der Waals surface area contributed by atoms with Crippen LogP contribution in [0.3, 0.4) is 0 Å². The van der Waals surface area contributed by atoms with Crippen molar-refractivity contribution in [3.63, 3.8) is 0 Å². The van der Waals surface area contributed by atoms with Crippen LogP contribution in [0.25, 0.3) is 0 Å². The van der Waals surface area contributed by atoms with Gasteiger partial charge >= 0.3 is 0 Å². The van der Waals surface area contributed by atoms with Crippen molar-refractivity contribution in [2.45, 2.75) is 49.8 Å². The lowest BCUT2D eigenvalue weighted by atomic mass is 9.88. The van der Waals surface area contributed by atoms with Crippen LogP contribution in [-0.2, 0) is 17.6 Å². The highest BCUT2D eigenvalue weighted by Crippen LogP contribution is 2.29. The summed E-state index contributed by atoms with van der Waals surface area (Å²) in [4.78, 5) is 12.4. The molecule has 0 aliphatic heterocycles. The minimum Gasteiger partial charge on any atom is -0.416 e. The van der Waals surface area contributed by atoms with Gasteiger partial charge in [0.1, 0.15) is 0 Å². The largest absolute Gasteiger partial charge is 0.416 e. The van der Waals surface area contributed by atoms with Crippen molar-refractivity contribution < 1.29 is 9.21 Å². The lowest BCUT2D eigenvalue weighted by Crippen LogP contribution is -2.32. The molecule has 0 radical (unpaired) electrons. The number of benzene rings is 2. The quantitative estimate of drug-likeness (QED) is 0.575. The molecule has 1 aliphatic rings. The summed E-state index contributed by atoms with van der Waals surface area (Å²) in [6, 6.07) is 18.7. The van der Waals surface area contributed by atoms with Gasteiger partial charge in [0.05, 0.1) is 11.8 Å². The summed E-state index contributed by atoms with van der Waals surface area (Å²) in [5, 5.41) is 11.8. The van der Waals surface area contributed by atoms with Crippen LogP contribution in [0.15, 0.2) is 64.2 Å². The molecule has 150 valence electrons. The molecular weight excluding hydrogens is 382 g/mol. The molecule has 0 unspecified atom stereocenters. The fraction of sp³-hybridized carbons (Fsp3) is 0.348. The van der Waals surface area contributed by atoms with E-state index in [0.29, 0.717) is 23.5 Å². The third-order valence-corrected chi connectivity index (χ3v) is 6.15. The second kappa shape index (κ2) is 9.27. The molecule has 0 saturated heterocycles. The van der Waals surface area contributed by atoms with E-state index in [1.54, 1.807) is 0 Å². The van der Waals surface area contributed by atoms with Gasteiger partial charge in [0.15, 0.2) is 0 Å². The van der Waals surface area contributed by atoms with Crippen molar-refractivity contribution in [3.8, 4) is 0 Å². The monoisotopic (exact) mass is 407 g/mol. The van der Waals surface area contributed by atoms with Gasteiger partial charge in [0.2, 0.25) is 11.8 Å². The molecule has 0 spiro atoms. The molecule has 4 rings (SSSR count). The zero-order valence-electron chi connectivity index (χ0n) is 16.5. The maximum Gasteiger partial charge on any atom is 0.277 e. The number of amides is 1. The van der Waals surface area contributed by atoms with Gasteiger partial charge in [-0.25, -0.2) is 0 Å². The van der Waals surface area contributed by atoms with Gasteiger partial charge in [-0.3, -0.25) is 4.79 Å². The first kappa shape index (κ1) is 19.7. The van der Waals surface area contributed by atoms with Gasteiger partial charge in [-0.05, 0) is 41.9 Å². The molecule has 2 aromatic carbocycles. The molecule has 1 heterocycles. The Morgan fingerprint density at radius 1 is 1.17 bits per heavy atom. The van der Waals surface area contributed by atoms with Gasteiger partial charge in [0.25, 0.3) is 5.22 Å². The van der Waals surface area contributed by atoms with E-state index in [0.717, 1.165) is 19.3 Å². The van der Waals surface area contributed by atoms with Crippen LogP contribution in [0, 0.1) is 0 Å². The Balaban J connectivity index is 1.28. The zero-order chi connectivity index (χ0) is 20.1. The molecule has 29 heavy (non-hydrogen) atoms. The van der Waals surface area contributed by atoms with Crippen molar-refractivity contribution in [2.24, 2.45) is 0 Å². The summed E-state index contributed by atoms with van der Waals surface area (Å²) in [5.41, 5.74) is 3.82. The predicted molar refractivity (Wildman–Crippen MR) is 114 cm³/mol. The number of carbonyl (C=O) groups excluding carboxylic acids is 1. The van der Waals surface area contributed by atoms with Crippen LogP contribution in [0.5, 0.6) is 0 Å². The zero-order valence-corrected chi connectivity index (χ0v) is 17.3. The Labute approximate surface area is 175 Å². The minimum atomic E-state index is -0.00546. The highest BCUT2D eigenvalue weighted by molar-refractivity contribution is 7.99. The molecular formula is C23H25N3O2S. The molecule has 6 heteroatoms. The highest BCUT2D eigenvalue weighted by atomic mass is 32.2. The van der Waals surface area contributed by atoms with Gasteiger partial charge in [-0.2, -0.15) is 0 Å². The lowest BCUT2D eigenvalue weighted by Gasteiger charge is -2.26. The van der Waals surface area contributed by atoms with E-state index in [4.69, 9.17) is 4.42 Å². The van der Waals surface area contributed by atoms with Crippen molar-refractivity contribution >= 4 is 17.7 Å². The number of thioether (sulfide) groups is 1. The lowest BCUT2D eigenvalue weighted by molar-refractivity contribution is -0.119. The Bertz CT molecular complexity index is 958. The summed E-state index contributed by atoms with van der Waals surface area (Å²) in [6.45, 7) is 2.14. The number of aryl methyl sites for hydroxylation is 1. The van der Waals surface area contributed by atoms with Crippen molar-refractivity contribution in [1.29, 1.82) is 0 Å². The summed E-state index contributed by atoms with van der Waals surface area (Å²) < 4.78 is 5.73. The normalized spacial score (nSPS) is 16.8. The minimum absolute atomic E-state index is 0.00546. The standard InChI is InChI=1S/C23H25N3O2S/c1-16(17-8-3-2-4-9-17)14-22-25-26-23(28-22)29-15-21(27)24-20-13-7-11-18-10-5-6-12-19(18)20/h2-6,8-10,12,16,20H,7,11,13-15H2,1H3,(H,24,27)/t16-,20-/m1/s1. The van der Waals surface area contributed by atoms with Crippen molar-refractivity contribution in [3.05, 3.63) is 77.2 Å². The second-order valence-electron chi connectivity index (χ2n) is 7.48. The van der Waals surface area contributed by atoms with Gasteiger partial charge in [-0.1, -0.05) is 73.3 Å². The number of rotatable bonds is 7. The Morgan fingerprint density at radius 2 is 1.97 bits per heavy atom. The smallest absolute Gasteiger partial charge is 0.277 e. The molecule has 3 aromatic rings. The molecule has 1 N–H and O–H groups in total. The summed E-state index contributed by atoms with van der Waals surface area (Å²) in [6.07, 6.45) is 3.85. The summed E-state index contributed by atoms with van der Waals surface area (Å²) in [5.74, 6) is 1.16. The number of hydrogen-bond donors (Lipinski definition) is 1. The average Bonchev–Trinajstić information content (AvgIpc) is 3.20. The van der Waals surface area contributed by atoms with Crippen LogP contribution in [0.1, 0.15) is 54.3 Å². The summed E-state index contributed by atoms with van der Waals surface area (Å²) in [7, 11) is 0. The van der Waals surface area contributed by atoms with Gasteiger partial charge in [-0.15, -0.1) is 10.2 Å². The highest BCUT2D eigenvalue weighted by Gasteiger charge is 2.21. The molecule has 0 saturated carbocycles. The first-order chi connectivity index (χ1) is 14.2. The maximum atomic E-state index is 12.4. The number of aromatic nitrogens is 2. The van der Waals surface area contributed by atoms with Gasteiger partial charge < -0.3 is 9.73 Å². The maximum absolute atomic E-state index is 12.4. The predicted octanol–water partition coefficient (Wildman–Crippen LogP) is 4.70. The molecule has 1 aromatic heterocycles. The van der Waals surface area contributed by atoms with E-state index >= 15 is 0 Å². The first-order valence-corrected chi connectivity index (χ1v) is 11.0. The molecule has 0 bridgehead atoms. The number of nitrogens with zero attached hydrogens (tertiary/aromatic N) is 2. The van der Waals surface area contributed by atoms with Crippen molar-refractivity contribution in [2.75, 3.05) is 5.75 Å². The molecule has 0 fully saturated rings. The van der Waals surface area contributed by atoms with E-state index < -0.39 is 0 Å². The first-order valence-electron chi connectivity index (χ1n) is 10.1. The van der Waals surface area contributed by atoms with Gasteiger partial charge in [0, 0.05) is 6.42 Å². The second-order valence-corrected chi connectivity index (χ2v) is 8.40. The SMILES string of the molecule is C[C@H](Cc1nnc(SCC(=O)N[C@@H]2CCCc3ccccc32)o1)c1ccccc1. The van der Waals surface area contributed by atoms with Crippen LogP contribution in [0.4, 0.5) is 0 Å². The Hall–Kier alpha value is -2.60. The van der Waals surface area contributed by atoms with Crippen LogP contribution >= 0.6 is 11.8 Å². The van der Waals surface area contributed by atoms with Crippen LogP contribution in [-0.4, -0.2) is 21.9 Å². The third-order valence-electron chi connectivity index (χ3n) is 5.33. The topological polar surface area (TPSA) is 68.0 Å². The number of hydrogen-bond acceptors (Lipinski definition) is 5. The van der Waals surface area contributed by atoms with E-state index in [-0.39, 0.29) is 17.7 Å². The molecule has 5 nitrogen and oxygen atoms in total. The van der Waals surface area contributed by atoms with Crippen LogP contribution < -0.4 is 5.32 Å². The summed E-state index contributed by atoms with van der Waals surface area (Å²) >= 11 is 1.29. The number of nitrogens with one attached hydrogen (secondary N) is 1.